The summed E-state index contributed by atoms with van der Waals surface area (Å²) < 4.78 is 32.8. The molecule has 5 nitrogen and oxygen atoms in total. The van der Waals surface area contributed by atoms with Crippen LogP contribution in [0.25, 0.3) is 0 Å². The van der Waals surface area contributed by atoms with Gasteiger partial charge in [0.15, 0.2) is 0 Å². The van der Waals surface area contributed by atoms with Crippen molar-refractivity contribution in [2.75, 3.05) is 23.2 Å². The first-order valence-electron chi connectivity index (χ1n) is 8.04. The molecule has 0 amide bonds. The summed E-state index contributed by atoms with van der Waals surface area (Å²) in [6.07, 6.45) is 4.53. The van der Waals surface area contributed by atoms with E-state index in [0.717, 1.165) is 48.9 Å². The van der Waals surface area contributed by atoms with Crippen LogP contribution in [0.3, 0.4) is 0 Å². The van der Waals surface area contributed by atoms with Gasteiger partial charge in [-0.15, -0.1) is 0 Å². The van der Waals surface area contributed by atoms with Crippen molar-refractivity contribution in [3.05, 3.63) is 29.3 Å². The topological polar surface area (TPSA) is 72.6 Å². The second-order valence-electron chi connectivity index (χ2n) is 6.11. The summed E-state index contributed by atoms with van der Waals surface area (Å²) in [7, 11) is -3.34. The maximum absolute atomic E-state index is 12.8. The Morgan fingerprint density at radius 1 is 1.27 bits per heavy atom. The molecular formula is C16H24N2O3S. The number of rotatable bonds is 4. The zero-order chi connectivity index (χ0) is 15.6. The monoisotopic (exact) mass is 324 g/mol. The van der Waals surface area contributed by atoms with Crippen molar-refractivity contribution in [3.8, 4) is 0 Å². The van der Waals surface area contributed by atoms with Crippen molar-refractivity contribution in [2.45, 2.75) is 44.8 Å². The van der Waals surface area contributed by atoms with E-state index in [0.29, 0.717) is 19.7 Å². The van der Waals surface area contributed by atoms with E-state index in [1.165, 1.54) is 0 Å². The van der Waals surface area contributed by atoms with Crippen molar-refractivity contribution in [3.63, 3.8) is 0 Å². The van der Waals surface area contributed by atoms with Crippen LogP contribution in [0.4, 0.5) is 5.69 Å². The highest BCUT2D eigenvalue weighted by atomic mass is 32.2. The second kappa shape index (κ2) is 6.56. The molecule has 122 valence electrons. The van der Waals surface area contributed by atoms with Gasteiger partial charge in [0.1, 0.15) is 0 Å². The van der Waals surface area contributed by atoms with Gasteiger partial charge in [0.25, 0.3) is 0 Å². The summed E-state index contributed by atoms with van der Waals surface area (Å²) in [5.41, 5.74) is 8.63. The van der Waals surface area contributed by atoms with E-state index < -0.39 is 10.0 Å². The van der Waals surface area contributed by atoms with E-state index in [1.807, 2.05) is 18.2 Å². The normalized spacial score (nSPS) is 22.4. The number of fused-ring (bicyclic) bond motifs is 1. The molecule has 0 bridgehead atoms. The largest absolute Gasteiger partial charge is 0.377 e. The third-order valence-electron chi connectivity index (χ3n) is 4.46. The molecule has 2 N–H and O–H groups in total. The van der Waals surface area contributed by atoms with E-state index in [4.69, 9.17) is 10.5 Å². The zero-order valence-corrected chi connectivity index (χ0v) is 13.6. The second-order valence-corrected chi connectivity index (χ2v) is 8.05. The van der Waals surface area contributed by atoms with Gasteiger partial charge >= 0.3 is 0 Å². The van der Waals surface area contributed by atoms with Crippen LogP contribution in [-0.4, -0.2) is 33.4 Å². The Kier molecular flexibility index (Phi) is 4.70. The molecule has 0 spiro atoms. The van der Waals surface area contributed by atoms with Gasteiger partial charge in [0.05, 0.1) is 17.5 Å². The van der Waals surface area contributed by atoms with Gasteiger partial charge in [-0.25, -0.2) is 8.42 Å². The standard InChI is InChI=1S/C16H24N2O3S/c17-11-13-6-7-16-14(10-13)4-3-8-18(16)22(19,20)12-15-5-1-2-9-21-15/h6-7,10,15H,1-5,8-9,11-12,17H2. The molecule has 2 aliphatic heterocycles. The van der Waals surface area contributed by atoms with Crippen LogP contribution in [0, 0.1) is 0 Å². The Morgan fingerprint density at radius 3 is 2.86 bits per heavy atom. The summed E-state index contributed by atoms with van der Waals surface area (Å²) in [5.74, 6) is 0.0884. The molecule has 1 unspecified atom stereocenters. The summed E-state index contributed by atoms with van der Waals surface area (Å²) >= 11 is 0. The van der Waals surface area contributed by atoms with Crippen LogP contribution in [0.15, 0.2) is 18.2 Å². The molecule has 0 saturated carbocycles. The highest BCUT2D eigenvalue weighted by molar-refractivity contribution is 7.92. The molecule has 1 aromatic carbocycles. The number of hydrogen-bond acceptors (Lipinski definition) is 4. The highest BCUT2D eigenvalue weighted by Gasteiger charge is 2.31. The third-order valence-corrected chi connectivity index (χ3v) is 6.31. The number of sulfonamides is 1. The van der Waals surface area contributed by atoms with Crippen LogP contribution < -0.4 is 10.0 Å². The number of ether oxygens (including phenoxy) is 1. The van der Waals surface area contributed by atoms with E-state index in [1.54, 1.807) is 4.31 Å². The third kappa shape index (κ3) is 3.29. The van der Waals surface area contributed by atoms with Crippen LogP contribution in [0.1, 0.15) is 36.8 Å². The first-order chi connectivity index (χ1) is 10.6. The molecule has 3 rings (SSSR count). The van der Waals surface area contributed by atoms with Gasteiger partial charge in [0.2, 0.25) is 10.0 Å². The summed E-state index contributed by atoms with van der Waals surface area (Å²) in [5, 5.41) is 0. The van der Waals surface area contributed by atoms with E-state index >= 15 is 0 Å². The Bertz CT molecular complexity index is 624. The fourth-order valence-corrected chi connectivity index (χ4v) is 5.09. The number of aryl methyl sites for hydroxylation is 1. The Labute approximate surface area is 132 Å². The lowest BCUT2D eigenvalue weighted by atomic mass is 10.0. The molecule has 2 heterocycles. The number of nitrogens with zero attached hydrogens (tertiary/aromatic N) is 1. The lowest BCUT2D eigenvalue weighted by molar-refractivity contribution is 0.0305. The SMILES string of the molecule is NCc1ccc2c(c1)CCCN2S(=O)(=O)CC1CCCCO1. The smallest absolute Gasteiger partial charge is 0.237 e. The fraction of sp³-hybridized carbons (Fsp3) is 0.625. The Hall–Kier alpha value is -1.11. The average Bonchev–Trinajstić information content (AvgIpc) is 2.54. The molecule has 6 heteroatoms. The number of anilines is 1. The molecule has 0 aromatic heterocycles. The van der Waals surface area contributed by atoms with Gasteiger partial charge in [-0.3, -0.25) is 4.31 Å². The lowest BCUT2D eigenvalue weighted by Crippen LogP contribution is -2.41. The van der Waals surface area contributed by atoms with Gasteiger partial charge in [-0.05, 0) is 49.3 Å². The first-order valence-corrected chi connectivity index (χ1v) is 9.65. The quantitative estimate of drug-likeness (QED) is 0.916. The summed E-state index contributed by atoms with van der Waals surface area (Å²) in [6.45, 7) is 1.72. The molecule has 1 fully saturated rings. The molecular weight excluding hydrogens is 300 g/mol. The van der Waals surface area contributed by atoms with Crippen molar-refractivity contribution in [1.82, 2.24) is 0 Å². The molecule has 2 aliphatic rings. The minimum Gasteiger partial charge on any atom is -0.377 e. The predicted octanol–water partition coefficient (Wildman–Crippen LogP) is 1.80. The summed E-state index contributed by atoms with van der Waals surface area (Å²) in [4.78, 5) is 0. The Balaban J connectivity index is 1.82. The molecule has 1 aromatic rings. The maximum atomic E-state index is 12.8. The predicted molar refractivity (Wildman–Crippen MR) is 87.4 cm³/mol. The van der Waals surface area contributed by atoms with E-state index in [-0.39, 0.29) is 11.9 Å². The van der Waals surface area contributed by atoms with Crippen LogP contribution >= 0.6 is 0 Å². The van der Waals surface area contributed by atoms with Gasteiger partial charge in [0, 0.05) is 19.7 Å². The molecule has 22 heavy (non-hydrogen) atoms. The Morgan fingerprint density at radius 2 is 2.14 bits per heavy atom. The zero-order valence-electron chi connectivity index (χ0n) is 12.8. The molecule has 1 atom stereocenters. The van der Waals surface area contributed by atoms with E-state index in [9.17, 15) is 8.42 Å². The minimum absolute atomic E-state index is 0.0884. The van der Waals surface area contributed by atoms with Crippen molar-refractivity contribution >= 4 is 15.7 Å². The molecule has 0 aliphatic carbocycles. The number of benzene rings is 1. The van der Waals surface area contributed by atoms with Crippen molar-refractivity contribution in [1.29, 1.82) is 0 Å². The van der Waals surface area contributed by atoms with E-state index in [2.05, 4.69) is 0 Å². The summed E-state index contributed by atoms with van der Waals surface area (Å²) in [6, 6.07) is 5.86. The van der Waals surface area contributed by atoms with Crippen molar-refractivity contribution in [2.24, 2.45) is 5.73 Å². The average molecular weight is 324 g/mol. The van der Waals surface area contributed by atoms with Gasteiger partial charge < -0.3 is 10.5 Å². The minimum atomic E-state index is -3.34. The number of hydrogen-bond donors (Lipinski definition) is 1. The highest BCUT2D eigenvalue weighted by Crippen LogP contribution is 2.31. The van der Waals surface area contributed by atoms with Crippen LogP contribution in [0.2, 0.25) is 0 Å². The van der Waals surface area contributed by atoms with Crippen LogP contribution in [0.5, 0.6) is 0 Å². The lowest BCUT2D eigenvalue weighted by Gasteiger charge is -2.32. The van der Waals surface area contributed by atoms with Gasteiger partial charge in [-0.1, -0.05) is 12.1 Å². The fourth-order valence-electron chi connectivity index (χ4n) is 3.30. The first kappa shape index (κ1) is 15.8. The number of nitrogens with two attached hydrogens (primary N) is 1. The molecule has 0 radical (unpaired) electrons. The maximum Gasteiger partial charge on any atom is 0.237 e. The van der Waals surface area contributed by atoms with Gasteiger partial charge in [-0.2, -0.15) is 0 Å². The van der Waals surface area contributed by atoms with Crippen molar-refractivity contribution < 1.29 is 13.2 Å². The van der Waals surface area contributed by atoms with Crippen LogP contribution in [-0.2, 0) is 27.7 Å². The molecule has 1 saturated heterocycles.